The Hall–Kier alpha value is -3.01. The number of urea groups is 1. The SMILES string of the molecule is CC(C)C1=NC2=[N+](C)C(=O)N(C)C(=O)C2C(SCC(=O)N2CCN(c3ccccc3)CC2)=N1. The van der Waals surface area contributed by atoms with E-state index in [4.69, 9.17) is 0 Å². The number of nitrogens with zero attached hydrogens (tertiary/aromatic N) is 6. The Morgan fingerprint density at radius 3 is 2.42 bits per heavy atom. The number of piperazine rings is 1. The summed E-state index contributed by atoms with van der Waals surface area (Å²) in [6.07, 6.45) is 0. The third-order valence-electron chi connectivity index (χ3n) is 6.07. The number of para-hydroxylation sites is 1. The highest BCUT2D eigenvalue weighted by molar-refractivity contribution is 8.14. The molecule has 0 saturated carbocycles. The molecule has 0 aromatic heterocycles. The Bertz CT molecular complexity index is 1060. The molecular formula is C23H29N6O3S+. The van der Waals surface area contributed by atoms with Crippen LogP contribution in [0.15, 0.2) is 40.3 Å². The fourth-order valence-electron chi connectivity index (χ4n) is 4.04. The molecule has 3 aliphatic heterocycles. The van der Waals surface area contributed by atoms with Crippen molar-refractivity contribution in [1.82, 2.24) is 9.80 Å². The summed E-state index contributed by atoms with van der Waals surface area (Å²) in [4.78, 5) is 52.6. The number of amidine groups is 2. The largest absolute Gasteiger partial charge is 0.445 e. The van der Waals surface area contributed by atoms with Gasteiger partial charge in [0.25, 0.3) is 5.84 Å². The Labute approximate surface area is 197 Å². The van der Waals surface area contributed by atoms with E-state index < -0.39 is 11.9 Å². The maximum atomic E-state index is 13.0. The molecule has 9 nitrogen and oxygen atoms in total. The zero-order valence-corrected chi connectivity index (χ0v) is 20.2. The standard InChI is InChI=1S/C23H29N6O3S/c1-15(2)19-24-20-18(22(31)27(4)23(32)26(20)3)21(25-19)33-14-17(30)29-12-10-28(11-13-29)16-8-6-5-7-9-16/h5-9,15,18H,10-14H2,1-4H3/q+1. The minimum absolute atomic E-state index is 0.0200. The van der Waals surface area contributed by atoms with Crippen LogP contribution in [0.3, 0.4) is 0 Å². The van der Waals surface area contributed by atoms with Crippen LogP contribution in [0.25, 0.3) is 0 Å². The van der Waals surface area contributed by atoms with Gasteiger partial charge in [-0.05, 0) is 12.1 Å². The van der Waals surface area contributed by atoms with Crippen LogP contribution in [0.4, 0.5) is 10.5 Å². The van der Waals surface area contributed by atoms with Crippen molar-refractivity contribution in [3.8, 4) is 0 Å². The minimum Gasteiger partial charge on any atom is -0.368 e. The van der Waals surface area contributed by atoms with E-state index >= 15 is 0 Å². The fraction of sp³-hybridized carbons (Fsp3) is 0.478. The van der Waals surface area contributed by atoms with E-state index in [0.717, 1.165) is 23.7 Å². The summed E-state index contributed by atoms with van der Waals surface area (Å²) in [6.45, 7) is 6.78. The van der Waals surface area contributed by atoms with Crippen LogP contribution < -0.4 is 4.90 Å². The lowest BCUT2D eigenvalue weighted by atomic mass is 10.0. The number of imide groups is 1. The molecule has 4 amide bonds. The molecule has 10 heteroatoms. The topological polar surface area (TPSA) is 88.7 Å². The van der Waals surface area contributed by atoms with Crippen molar-refractivity contribution in [1.29, 1.82) is 0 Å². The maximum absolute atomic E-state index is 13.0. The summed E-state index contributed by atoms with van der Waals surface area (Å²) in [5.41, 5.74) is 1.16. The molecule has 0 aliphatic carbocycles. The second kappa shape index (κ2) is 9.46. The molecule has 1 atom stereocenters. The van der Waals surface area contributed by atoms with Gasteiger partial charge in [-0.1, -0.05) is 48.8 Å². The van der Waals surface area contributed by atoms with Gasteiger partial charge >= 0.3 is 11.9 Å². The maximum Gasteiger partial charge on any atom is 0.445 e. The highest BCUT2D eigenvalue weighted by atomic mass is 32.2. The lowest BCUT2D eigenvalue weighted by Crippen LogP contribution is -2.55. The van der Waals surface area contributed by atoms with Crippen molar-refractivity contribution < 1.29 is 19.0 Å². The normalized spacial score (nSPS) is 21.4. The van der Waals surface area contributed by atoms with Crippen molar-refractivity contribution >= 4 is 52.0 Å². The average Bonchev–Trinajstić information content (AvgIpc) is 2.84. The number of thioether (sulfide) groups is 1. The fourth-order valence-corrected chi connectivity index (χ4v) is 5.03. The quantitative estimate of drug-likeness (QED) is 0.628. The number of carbonyl (C=O) groups excluding carboxylic acids is 3. The number of fused-ring (bicyclic) bond motifs is 1. The molecule has 0 bridgehead atoms. The molecule has 174 valence electrons. The van der Waals surface area contributed by atoms with Gasteiger partial charge in [0, 0.05) is 37.8 Å². The molecule has 1 fully saturated rings. The summed E-state index contributed by atoms with van der Waals surface area (Å²) in [6, 6.07) is 9.77. The number of amides is 4. The second-order valence-electron chi connectivity index (χ2n) is 8.60. The zero-order valence-electron chi connectivity index (χ0n) is 19.4. The first kappa shape index (κ1) is 23.2. The van der Waals surface area contributed by atoms with Crippen LogP contribution >= 0.6 is 11.8 Å². The summed E-state index contributed by atoms with van der Waals surface area (Å²) < 4.78 is 1.40. The molecular weight excluding hydrogens is 440 g/mol. The first-order chi connectivity index (χ1) is 15.8. The van der Waals surface area contributed by atoms with Gasteiger partial charge in [0.1, 0.15) is 5.04 Å². The van der Waals surface area contributed by atoms with Crippen LogP contribution in [0.5, 0.6) is 0 Å². The predicted molar refractivity (Wildman–Crippen MR) is 130 cm³/mol. The highest BCUT2D eigenvalue weighted by Gasteiger charge is 2.49. The van der Waals surface area contributed by atoms with Crippen LogP contribution in [-0.4, -0.2) is 95.0 Å². The number of hydrogen-bond acceptors (Lipinski definition) is 7. The van der Waals surface area contributed by atoms with Gasteiger partial charge in [-0.3, -0.25) is 9.59 Å². The Balaban J connectivity index is 1.45. The van der Waals surface area contributed by atoms with Crippen LogP contribution in [0.2, 0.25) is 0 Å². The van der Waals surface area contributed by atoms with Gasteiger partial charge < -0.3 is 9.80 Å². The van der Waals surface area contributed by atoms with Crippen molar-refractivity contribution in [3.05, 3.63) is 30.3 Å². The molecule has 1 unspecified atom stereocenters. The highest BCUT2D eigenvalue weighted by Crippen LogP contribution is 2.27. The zero-order chi connectivity index (χ0) is 23.7. The number of carbonyl (C=O) groups is 3. The molecule has 0 N–H and O–H groups in total. The van der Waals surface area contributed by atoms with Gasteiger partial charge in [-0.2, -0.15) is 9.48 Å². The smallest absolute Gasteiger partial charge is 0.368 e. The van der Waals surface area contributed by atoms with Crippen molar-refractivity contribution in [2.75, 3.05) is 50.9 Å². The second-order valence-corrected chi connectivity index (χ2v) is 9.59. The van der Waals surface area contributed by atoms with E-state index in [9.17, 15) is 14.4 Å². The summed E-state index contributed by atoms with van der Waals surface area (Å²) in [7, 11) is 3.07. The van der Waals surface area contributed by atoms with Crippen molar-refractivity contribution in [2.24, 2.45) is 21.8 Å². The average molecular weight is 470 g/mol. The predicted octanol–water partition coefficient (Wildman–Crippen LogP) is 1.78. The molecule has 1 aromatic carbocycles. The van der Waals surface area contributed by atoms with Crippen LogP contribution in [0, 0.1) is 11.8 Å². The first-order valence-corrected chi connectivity index (χ1v) is 12.1. The van der Waals surface area contributed by atoms with Gasteiger partial charge in [0.05, 0.1) is 19.8 Å². The summed E-state index contributed by atoms with van der Waals surface area (Å²) in [5, 5.41) is 0.524. The summed E-state index contributed by atoms with van der Waals surface area (Å²) >= 11 is 1.27. The lowest BCUT2D eigenvalue weighted by Gasteiger charge is -2.36. The molecule has 1 aromatic rings. The number of aliphatic imine (C=N–C) groups is 2. The van der Waals surface area contributed by atoms with Crippen molar-refractivity contribution in [2.45, 2.75) is 13.8 Å². The van der Waals surface area contributed by atoms with E-state index in [1.165, 1.54) is 23.4 Å². The molecule has 1 saturated heterocycles. The minimum atomic E-state index is -0.757. The first-order valence-electron chi connectivity index (χ1n) is 11.1. The molecule has 3 heterocycles. The Morgan fingerprint density at radius 1 is 1.12 bits per heavy atom. The monoisotopic (exact) mass is 469 g/mol. The molecule has 0 spiro atoms. The van der Waals surface area contributed by atoms with Crippen molar-refractivity contribution in [3.63, 3.8) is 0 Å². The number of benzene rings is 1. The Kier molecular flexibility index (Phi) is 6.64. The van der Waals surface area contributed by atoms with E-state index in [0.29, 0.717) is 29.8 Å². The molecule has 4 rings (SSSR count). The van der Waals surface area contributed by atoms with Crippen LogP contribution in [0.1, 0.15) is 13.8 Å². The van der Waals surface area contributed by atoms with Gasteiger partial charge in [0.15, 0.2) is 5.92 Å². The Morgan fingerprint density at radius 2 is 1.79 bits per heavy atom. The summed E-state index contributed by atoms with van der Waals surface area (Å²) in [5.74, 6) is 0.0508. The number of anilines is 1. The lowest BCUT2D eigenvalue weighted by molar-refractivity contribution is -0.407. The third kappa shape index (κ3) is 4.57. The van der Waals surface area contributed by atoms with E-state index in [-0.39, 0.29) is 23.5 Å². The number of rotatable bonds is 4. The van der Waals surface area contributed by atoms with Gasteiger partial charge in [-0.25, -0.2) is 9.79 Å². The van der Waals surface area contributed by atoms with Gasteiger partial charge in [-0.15, -0.1) is 0 Å². The number of hydrogen-bond donors (Lipinski definition) is 0. The molecule has 33 heavy (non-hydrogen) atoms. The van der Waals surface area contributed by atoms with Crippen LogP contribution in [-0.2, 0) is 9.59 Å². The van der Waals surface area contributed by atoms with E-state index in [1.807, 2.05) is 36.9 Å². The molecule has 0 radical (unpaired) electrons. The van der Waals surface area contributed by atoms with Gasteiger partial charge in [0.2, 0.25) is 11.7 Å². The molecule has 3 aliphatic rings. The van der Waals surface area contributed by atoms with E-state index in [1.54, 1.807) is 7.05 Å². The van der Waals surface area contributed by atoms with E-state index in [2.05, 4.69) is 27.0 Å². The third-order valence-corrected chi connectivity index (χ3v) is 7.08.